The Labute approximate surface area is 115 Å². The van der Waals surface area contributed by atoms with Gasteiger partial charge in [0.05, 0.1) is 0 Å². The molecule has 1 saturated heterocycles. The van der Waals surface area contributed by atoms with E-state index < -0.39 is 14.6 Å². The third-order valence-corrected chi connectivity index (χ3v) is 6.62. The fourth-order valence-corrected chi connectivity index (χ4v) is 4.49. The van der Waals surface area contributed by atoms with E-state index >= 15 is 0 Å². The fraction of sp³-hybridized carbons (Fsp3) is 0.923. The van der Waals surface area contributed by atoms with E-state index in [1.54, 1.807) is 11.9 Å². The predicted octanol–water partition coefficient (Wildman–Crippen LogP) is 0.412. The van der Waals surface area contributed by atoms with E-state index in [-0.39, 0.29) is 5.91 Å². The lowest BCUT2D eigenvalue weighted by Crippen LogP contribution is -2.58. The average molecular weight is 288 g/mol. The number of sulfone groups is 1. The van der Waals surface area contributed by atoms with Gasteiger partial charge in [-0.05, 0) is 44.7 Å². The lowest BCUT2D eigenvalue weighted by Gasteiger charge is -2.39. The molecule has 0 radical (unpaired) electrons. The first-order chi connectivity index (χ1) is 8.87. The smallest absolute Gasteiger partial charge is 0.243 e. The molecule has 19 heavy (non-hydrogen) atoms. The van der Waals surface area contributed by atoms with Crippen molar-refractivity contribution in [1.29, 1.82) is 0 Å². The molecule has 5 nitrogen and oxygen atoms in total. The second-order valence-corrected chi connectivity index (χ2v) is 8.32. The first kappa shape index (κ1) is 14.8. The molecule has 2 aliphatic rings. The zero-order valence-electron chi connectivity index (χ0n) is 11.8. The van der Waals surface area contributed by atoms with Crippen LogP contribution in [0.25, 0.3) is 0 Å². The summed E-state index contributed by atoms with van der Waals surface area (Å²) in [5.41, 5.74) is 0. The van der Waals surface area contributed by atoms with E-state index in [1.807, 2.05) is 0 Å². The lowest BCUT2D eigenvalue weighted by molar-refractivity contribution is -0.134. The summed E-state index contributed by atoms with van der Waals surface area (Å²) >= 11 is 0. The Morgan fingerprint density at radius 2 is 1.89 bits per heavy atom. The van der Waals surface area contributed by atoms with Crippen LogP contribution in [-0.2, 0) is 14.6 Å². The monoisotopic (exact) mass is 288 g/mol. The third-order valence-electron chi connectivity index (χ3n) is 4.61. The third kappa shape index (κ3) is 2.79. The predicted molar refractivity (Wildman–Crippen MR) is 74.7 cm³/mol. The fourth-order valence-electron chi connectivity index (χ4n) is 3.07. The van der Waals surface area contributed by atoms with Crippen molar-refractivity contribution >= 4 is 15.7 Å². The molecule has 1 heterocycles. The van der Waals surface area contributed by atoms with Crippen LogP contribution in [0.3, 0.4) is 0 Å². The van der Waals surface area contributed by atoms with Crippen LogP contribution in [-0.4, -0.2) is 56.9 Å². The minimum absolute atomic E-state index is 0.205. The van der Waals surface area contributed by atoms with Crippen LogP contribution >= 0.6 is 0 Å². The van der Waals surface area contributed by atoms with Gasteiger partial charge in [0.2, 0.25) is 5.91 Å². The molecular weight excluding hydrogens is 264 g/mol. The molecule has 110 valence electrons. The summed E-state index contributed by atoms with van der Waals surface area (Å²) in [5.74, 6) is 0.357. The molecule has 0 spiro atoms. The maximum atomic E-state index is 12.7. The van der Waals surface area contributed by atoms with Crippen LogP contribution in [0.4, 0.5) is 0 Å². The Hall–Kier alpha value is -0.620. The van der Waals surface area contributed by atoms with E-state index in [2.05, 4.69) is 5.32 Å². The molecule has 1 aliphatic heterocycles. The molecule has 0 bridgehead atoms. The highest BCUT2D eigenvalue weighted by molar-refractivity contribution is 7.92. The van der Waals surface area contributed by atoms with Gasteiger partial charge in [0.25, 0.3) is 0 Å². The number of piperidine rings is 1. The normalized spacial score (nSPS) is 23.7. The standard InChI is InChI=1S/C13H24N2O3S/c1-15(10-11-4-3-5-11)12(16)13(19(2,17)18)6-8-14-9-7-13/h11,14H,3-10H2,1-2H3. The molecule has 1 amide bonds. The molecule has 6 heteroatoms. The summed E-state index contributed by atoms with van der Waals surface area (Å²) in [7, 11) is -1.64. The zero-order valence-corrected chi connectivity index (χ0v) is 12.6. The maximum absolute atomic E-state index is 12.7. The molecule has 0 aromatic carbocycles. The average Bonchev–Trinajstić information content (AvgIpc) is 2.32. The van der Waals surface area contributed by atoms with Gasteiger partial charge in [0.1, 0.15) is 0 Å². The van der Waals surface area contributed by atoms with Gasteiger partial charge >= 0.3 is 0 Å². The quantitative estimate of drug-likeness (QED) is 0.814. The largest absolute Gasteiger partial charge is 0.344 e. The van der Waals surface area contributed by atoms with E-state index in [1.165, 1.54) is 12.7 Å². The Morgan fingerprint density at radius 3 is 2.32 bits per heavy atom. The zero-order chi connectivity index (χ0) is 14.1. The van der Waals surface area contributed by atoms with E-state index in [4.69, 9.17) is 0 Å². The Bertz CT molecular complexity index is 437. The van der Waals surface area contributed by atoms with E-state index in [9.17, 15) is 13.2 Å². The molecule has 0 atom stereocenters. The van der Waals surface area contributed by atoms with Gasteiger partial charge in [-0.25, -0.2) is 8.42 Å². The van der Waals surface area contributed by atoms with Gasteiger partial charge in [-0.1, -0.05) is 6.42 Å². The van der Waals surface area contributed by atoms with Gasteiger partial charge in [-0.2, -0.15) is 0 Å². The van der Waals surface area contributed by atoms with Gasteiger partial charge < -0.3 is 10.2 Å². The summed E-state index contributed by atoms with van der Waals surface area (Å²) in [6.07, 6.45) is 5.52. The van der Waals surface area contributed by atoms with Gasteiger partial charge in [-0.3, -0.25) is 4.79 Å². The number of amides is 1. The van der Waals surface area contributed by atoms with Crippen LogP contribution in [0.15, 0.2) is 0 Å². The maximum Gasteiger partial charge on any atom is 0.243 e. The minimum atomic E-state index is -3.39. The van der Waals surface area contributed by atoms with Crippen molar-refractivity contribution in [2.75, 3.05) is 32.9 Å². The molecule has 1 N–H and O–H groups in total. The van der Waals surface area contributed by atoms with Crippen molar-refractivity contribution in [3.05, 3.63) is 0 Å². The summed E-state index contributed by atoms with van der Waals surface area (Å²) in [4.78, 5) is 14.3. The number of carbonyl (C=O) groups is 1. The highest BCUT2D eigenvalue weighted by Gasteiger charge is 2.50. The molecule has 0 aromatic heterocycles. The van der Waals surface area contributed by atoms with Crippen LogP contribution < -0.4 is 5.32 Å². The number of hydrogen-bond donors (Lipinski definition) is 1. The number of nitrogens with zero attached hydrogens (tertiary/aromatic N) is 1. The molecule has 1 saturated carbocycles. The first-order valence-corrected chi connectivity index (χ1v) is 8.92. The van der Waals surface area contributed by atoms with Crippen LogP contribution in [0.5, 0.6) is 0 Å². The first-order valence-electron chi connectivity index (χ1n) is 7.03. The van der Waals surface area contributed by atoms with Crippen LogP contribution in [0.2, 0.25) is 0 Å². The van der Waals surface area contributed by atoms with Crippen molar-refractivity contribution in [3.8, 4) is 0 Å². The Balaban J connectivity index is 2.15. The summed E-state index contributed by atoms with van der Waals surface area (Å²) in [6, 6.07) is 0. The SMILES string of the molecule is CN(CC1CCC1)C(=O)C1(S(C)(=O)=O)CCNCC1. The highest BCUT2D eigenvalue weighted by Crippen LogP contribution is 2.32. The molecule has 2 fully saturated rings. The number of rotatable bonds is 4. The van der Waals surface area contributed by atoms with Gasteiger partial charge in [0.15, 0.2) is 14.6 Å². The highest BCUT2D eigenvalue weighted by atomic mass is 32.2. The number of hydrogen-bond acceptors (Lipinski definition) is 4. The summed E-state index contributed by atoms with van der Waals surface area (Å²) in [5, 5.41) is 3.13. The van der Waals surface area contributed by atoms with Crippen molar-refractivity contribution in [3.63, 3.8) is 0 Å². The minimum Gasteiger partial charge on any atom is -0.344 e. The summed E-state index contributed by atoms with van der Waals surface area (Å²) < 4.78 is 23.1. The van der Waals surface area contributed by atoms with Crippen LogP contribution in [0, 0.1) is 5.92 Å². The van der Waals surface area contributed by atoms with Gasteiger partial charge in [0, 0.05) is 19.8 Å². The molecule has 1 aliphatic carbocycles. The molecule has 0 aromatic rings. The molecular formula is C13H24N2O3S. The second kappa shape index (κ2) is 5.40. The van der Waals surface area contributed by atoms with Crippen molar-refractivity contribution in [2.45, 2.75) is 36.9 Å². The topological polar surface area (TPSA) is 66.5 Å². The summed E-state index contributed by atoms with van der Waals surface area (Å²) in [6.45, 7) is 1.88. The number of nitrogens with one attached hydrogen (secondary N) is 1. The molecule has 2 rings (SSSR count). The molecule has 0 unspecified atom stereocenters. The number of carbonyl (C=O) groups excluding carboxylic acids is 1. The van der Waals surface area contributed by atoms with Crippen molar-refractivity contribution in [1.82, 2.24) is 10.2 Å². The van der Waals surface area contributed by atoms with Crippen molar-refractivity contribution < 1.29 is 13.2 Å². The Kier molecular flexibility index (Phi) is 4.20. The van der Waals surface area contributed by atoms with Gasteiger partial charge in [-0.15, -0.1) is 0 Å². The van der Waals surface area contributed by atoms with Crippen LogP contribution in [0.1, 0.15) is 32.1 Å². The second-order valence-electron chi connectivity index (χ2n) is 6.00. The lowest BCUT2D eigenvalue weighted by atomic mass is 9.84. The van der Waals surface area contributed by atoms with E-state index in [0.29, 0.717) is 38.4 Å². The van der Waals surface area contributed by atoms with E-state index in [0.717, 1.165) is 12.8 Å². The van der Waals surface area contributed by atoms with Crippen molar-refractivity contribution in [2.24, 2.45) is 5.92 Å². The Morgan fingerprint density at radius 1 is 1.32 bits per heavy atom.